The van der Waals surface area contributed by atoms with E-state index in [0.717, 1.165) is 70.0 Å². The van der Waals surface area contributed by atoms with Gasteiger partial charge in [-0.2, -0.15) is 0 Å². The molecule has 2 saturated heterocycles. The second kappa shape index (κ2) is 12.5. The minimum atomic E-state index is 0. The lowest BCUT2D eigenvalue weighted by molar-refractivity contribution is 0.0315. The maximum absolute atomic E-state index is 5.87. The molecular weight excluding hydrogens is 467 g/mol. The number of likely N-dealkylation sites (tertiary alicyclic amines) is 1. The first-order valence-corrected chi connectivity index (χ1v) is 10.2. The van der Waals surface area contributed by atoms with E-state index in [1.165, 1.54) is 18.5 Å². The Morgan fingerprint density at radius 3 is 2.79 bits per heavy atom. The number of nitrogens with zero attached hydrogens (tertiary/aromatic N) is 3. The van der Waals surface area contributed by atoms with Gasteiger partial charge in [0.2, 0.25) is 0 Å². The van der Waals surface area contributed by atoms with Crippen LogP contribution < -0.4 is 10.1 Å². The molecule has 28 heavy (non-hydrogen) atoms. The Morgan fingerprint density at radius 2 is 2.04 bits per heavy atom. The third-order valence-corrected chi connectivity index (χ3v) is 5.37. The van der Waals surface area contributed by atoms with Gasteiger partial charge in [0, 0.05) is 46.3 Å². The van der Waals surface area contributed by atoms with Crippen LogP contribution in [0.2, 0.25) is 0 Å². The fraction of sp³-hybridized carbons (Fsp3) is 0.667. The smallest absolute Gasteiger partial charge is 0.193 e. The Balaban J connectivity index is 0.00000280. The summed E-state index contributed by atoms with van der Waals surface area (Å²) in [5, 5.41) is 3.50. The second-order valence-corrected chi connectivity index (χ2v) is 7.46. The molecule has 2 heterocycles. The lowest BCUT2D eigenvalue weighted by Crippen LogP contribution is -2.42. The van der Waals surface area contributed by atoms with E-state index in [1.54, 1.807) is 0 Å². The molecule has 1 aromatic carbocycles. The summed E-state index contributed by atoms with van der Waals surface area (Å²) in [5.74, 6) is 2.73. The van der Waals surface area contributed by atoms with Gasteiger partial charge in [0.05, 0.1) is 19.8 Å². The highest BCUT2D eigenvalue weighted by atomic mass is 127. The third kappa shape index (κ3) is 7.08. The van der Waals surface area contributed by atoms with Crippen LogP contribution in [0.5, 0.6) is 5.75 Å². The molecular formula is C21H35IN4O2. The maximum atomic E-state index is 5.87. The number of hydrogen-bond donors (Lipinski definition) is 1. The molecule has 1 N–H and O–H groups in total. The van der Waals surface area contributed by atoms with Crippen molar-refractivity contribution in [2.45, 2.75) is 19.8 Å². The van der Waals surface area contributed by atoms with Crippen LogP contribution in [-0.4, -0.2) is 81.9 Å². The van der Waals surface area contributed by atoms with Crippen molar-refractivity contribution in [2.75, 3.05) is 66.1 Å². The highest BCUT2D eigenvalue weighted by molar-refractivity contribution is 14.0. The van der Waals surface area contributed by atoms with E-state index < -0.39 is 0 Å². The molecule has 0 radical (unpaired) electrons. The SMILES string of the molecule is CN=C(NCCCOc1ccccc1C)N1CCC(CN2CCOCC2)C1.I. The molecule has 6 nitrogen and oxygen atoms in total. The molecule has 0 aliphatic carbocycles. The van der Waals surface area contributed by atoms with Crippen molar-refractivity contribution >= 4 is 29.9 Å². The van der Waals surface area contributed by atoms with E-state index in [9.17, 15) is 0 Å². The van der Waals surface area contributed by atoms with Gasteiger partial charge in [-0.25, -0.2) is 0 Å². The minimum absolute atomic E-state index is 0. The van der Waals surface area contributed by atoms with Crippen LogP contribution in [-0.2, 0) is 4.74 Å². The van der Waals surface area contributed by atoms with Crippen molar-refractivity contribution in [3.05, 3.63) is 29.8 Å². The second-order valence-electron chi connectivity index (χ2n) is 7.46. The van der Waals surface area contributed by atoms with Gasteiger partial charge in [0.25, 0.3) is 0 Å². The zero-order valence-corrected chi connectivity index (χ0v) is 19.6. The van der Waals surface area contributed by atoms with Crippen molar-refractivity contribution in [3.8, 4) is 5.75 Å². The Hall–Kier alpha value is -1.06. The van der Waals surface area contributed by atoms with Crippen LogP contribution in [0.15, 0.2) is 29.3 Å². The number of rotatable bonds is 7. The van der Waals surface area contributed by atoms with Gasteiger partial charge in [-0.05, 0) is 37.3 Å². The van der Waals surface area contributed by atoms with Crippen LogP contribution in [0.4, 0.5) is 0 Å². The first-order valence-electron chi connectivity index (χ1n) is 10.2. The largest absolute Gasteiger partial charge is 0.493 e. The van der Waals surface area contributed by atoms with E-state index in [4.69, 9.17) is 9.47 Å². The predicted octanol–water partition coefficient (Wildman–Crippen LogP) is 2.61. The van der Waals surface area contributed by atoms with Gasteiger partial charge in [-0.3, -0.25) is 9.89 Å². The summed E-state index contributed by atoms with van der Waals surface area (Å²) in [4.78, 5) is 9.41. The van der Waals surface area contributed by atoms with E-state index in [1.807, 2.05) is 25.2 Å². The topological polar surface area (TPSA) is 49.3 Å². The Morgan fingerprint density at radius 1 is 1.25 bits per heavy atom. The molecule has 1 atom stereocenters. The maximum Gasteiger partial charge on any atom is 0.193 e. The van der Waals surface area contributed by atoms with Crippen LogP contribution in [0, 0.1) is 12.8 Å². The fourth-order valence-electron chi connectivity index (χ4n) is 3.83. The van der Waals surface area contributed by atoms with Crippen LogP contribution in [0.25, 0.3) is 0 Å². The molecule has 7 heteroatoms. The van der Waals surface area contributed by atoms with Crippen molar-refractivity contribution in [1.82, 2.24) is 15.1 Å². The molecule has 0 bridgehead atoms. The molecule has 2 aliphatic heterocycles. The number of para-hydroxylation sites is 1. The Bertz CT molecular complexity index is 608. The highest BCUT2D eigenvalue weighted by Crippen LogP contribution is 2.18. The lowest BCUT2D eigenvalue weighted by Gasteiger charge is -2.29. The molecule has 2 fully saturated rings. The van der Waals surface area contributed by atoms with Gasteiger partial charge in [0.15, 0.2) is 5.96 Å². The number of guanidine groups is 1. The van der Waals surface area contributed by atoms with E-state index in [0.29, 0.717) is 6.61 Å². The summed E-state index contributed by atoms with van der Waals surface area (Å²) in [6.07, 6.45) is 2.20. The molecule has 3 rings (SSSR count). The van der Waals surface area contributed by atoms with Gasteiger partial charge in [-0.1, -0.05) is 18.2 Å². The minimum Gasteiger partial charge on any atom is -0.493 e. The highest BCUT2D eigenvalue weighted by Gasteiger charge is 2.26. The van der Waals surface area contributed by atoms with Crippen LogP contribution in [0.3, 0.4) is 0 Å². The normalized spacial score (nSPS) is 20.7. The third-order valence-electron chi connectivity index (χ3n) is 5.37. The number of aliphatic imine (C=N–C) groups is 1. The number of hydrogen-bond acceptors (Lipinski definition) is 4. The molecule has 158 valence electrons. The Kier molecular flexibility index (Phi) is 10.4. The first-order chi connectivity index (χ1) is 13.3. The van der Waals surface area contributed by atoms with E-state index in [-0.39, 0.29) is 24.0 Å². The van der Waals surface area contributed by atoms with Gasteiger partial charge in [0.1, 0.15) is 5.75 Å². The quantitative estimate of drug-likeness (QED) is 0.269. The monoisotopic (exact) mass is 502 g/mol. The summed E-state index contributed by atoms with van der Waals surface area (Å²) in [6, 6.07) is 8.16. The first kappa shape index (κ1) is 23.2. The molecule has 0 aromatic heterocycles. The van der Waals surface area contributed by atoms with E-state index >= 15 is 0 Å². The number of nitrogens with one attached hydrogen (secondary N) is 1. The van der Waals surface area contributed by atoms with Gasteiger partial charge >= 0.3 is 0 Å². The van der Waals surface area contributed by atoms with Crippen molar-refractivity contribution in [1.29, 1.82) is 0 Å². The molecule has 0 saturated carbocycles. The molecule has 1 aromatic rings. The van der Waals surface area contributed by atoms with E-state index in [2.05, 4.69) is 33.1 Å². The average molecular weight is 502 g/mol. The van der Waals surface area contributed by atoms with Crippen molar-refractivity contribution in [2.24, 2.45) is 10.9 Å². The summed E-state index contributed by atoms with van der Waals surface area (Å²) < 4.78 is 11.3. The Labute approximate surface area is 186 Å². The van der Waals surface area contributed by atoms with Gasteiger partial charge in [-0.15, -0.1) is 24.0 Å². The predicted molar refractivity (Wildman–Crippen MR) is 125 cm³/mol. The number of morpholine rings is 1. The molecule has 2 aliphatic rings. The van der Waals surface area contributed by atoms with Crippen molar-refractivity contribution < 1.29 is 9.47 Å². The summed E-state index contributed by atoms with van der Waals surface area (Å²) >= 11 is 0. The van der Waals surface area contributed by atoms with Crippen molar-refractivity contribution in [3.63, 3.8) is 0 Å². The number of halogens is 1. The number of aryl methyl sites for hydroxylation is 1. The summed E-state index contributed by atoms with van der Waals surface area (Å²) in [5.41, 5.74) is 1.18. The number of ether oxygens (including phenoxy) is 2. The standard InChI is InChI=1S/C21H34N4O2.HI/c1-18-6-3-4-7-20(18)27-13-5-9-23-21(22-2)25-10-8-19(17-25)16-24-11-14-26-15-12-24;/h3-4,6-7,19H,5,8-17H2,1-2H3,(H,22,23);1H. The van der Waals surface area contributed by atoms with Crippen LogP contribution >= 0.6 is 24.0 Å². The zero-order valence-electron chi connectivity index (χ0n) is 17.2. The zero-order chi connectivity index (χ0) is 18.9. The molecule has 1 unspecified atom stereocenters. The fourth-order valence-corrected chi connectivity index (χ4v) is 3.83. The van der Waals surface area contributed by atoms with Crippen LogP contribution in [0.1, 0.15) is 18.4 Å². The summed E-state index contributed by atoms with van der Waals surface area (Å²) in [6.45, 7) is 10.9. The lowest BCUT2D eigenvalue weighted by atomic mass is 10.1. The number of benzene rings is 1. The molecule has 0 amide bonds. The summed E-state index contributed by atoms with van der Waals surface area (Å²) in [7, 11) is 1.88. The molecule has 0 spiro atoms. The average Bonchev–Trinajstić information content (AvgIpc) is 3.15. The van der Waals surface area contributed by atoms with Gasteiger partial charge < -0.3 is 19.7 Å².